The molecule has 3 nitrogen and oxygen atoms in total. The summed E-state index contributed by atoms with van der Waals surface area (Å²) >= 11 is 0. The van der Waals surface area contributed by atoms with E-state index >= 15 is 0 Å². The first-order valence-corrected chi connectivity index (χ1v) is 13.1. The van der Waals surface area contributed by atoms with Crippen LogP contribution in [0.15, 0.2) is 36.4 Å². The number of esters is 1. The summed E-state index contributed by atoms with van der Waals surface area (Å²) in [7, 11) is 0. The molecule has 2 aromatic carbocycles. The predicted molar refractivity (Wildman–Crippen MR) is 135 cm³/mol. The van der Waals surface area contributed by atoms with Crippen molar-refractivity contribution in [2.45, 2.75) is 110 Å². The summed E-state index contributed by atoms with van der Waals surface area (Å²) in [6.45, 7) is 2.70. The van der Waals surface area contributed by atoms with Crippen molar-refractivity contribution >= 4 is 16.7 Å². The highest BCUT2D eigenvalue weighted by molar-refractivity contribution is 6.01. The van der Waals surface area contributed by atoms with Gasteiger partial charge in [0.1, 0.15) is 11.3 Å². The molecular formula is C29H44O3. The van der Waals surface area contributed by atoms with Gasteiger partial charge in [0.2, 0.25) is 0 Å². The number of rotatable bonds is 18. The molecule has 2 aromatic rings. The number of carbonyl (C=O) groups is 1. The number of unbranched alkanes of at least 4 members (excludes halogenated alkanes) is 15. The number of hydrogen-bond donors (Lipinski definition) is 1. The molecule has 178 valence electrons. The maximum atomic E-state index is 12.3. The molecular weight excluding hydrogens is 396 g/mol. The largest absolute Gasteiger partial charge is 0.506 e. The van der Waals surface area contributed by atoms with Crippen LogP contribution in [-0.2, 0) is 4.74 Å². The Labute approximate surface area is 195 Å². The first kappa shape index (κ1) is 26.2. The highest BCUT2D eigenvalue weighted by Crippen LogP contribution is 2.29. The molecule has 0 aliphatic heterocycles. The molecule has 0 atom stereocenters. The van der Waals surface area contributed by atoms with E-state index < -0.39 is 5.97 Å². The lowest BCUT2D eigenvalue weighted by Crippen LogP contribution is -2.07. The van der Waals surface area contributed by atoms with Gasteiger partial charge in [0.15, 0.2) is 0 Å². The predicted octanol–water partition coefficient (Wildman–Crippen LogP) is 8.96. The second kappa shape index (κ2) is 16.6. The lowest BCUT2D eigenvalue weighted by Gasteiger charge is -2.08. The van der Waals surface area contributed by atoms with Gasteiger partial charge in [-0.25, -0.2) is 4.79 Å². The van der Waals surface area contributed by atoms with Crippen LogP contribution in [0.4, 0.5) is 0 Å². The molecule has 0 bridgehead atoms. The molecule has 0 aromatic heterocycles. The van der Waals surface area contributed by atoms with Gasteiger partial charge in [0, 0.05) is 5.39 Å². The van der Waals surface area contributed by atoms with Crippen molar-refractivity contribution in [1.82, 2.24) is 0 Å². The van der Waals surface area contributed by atoms with E-state index in [0.29, 0.717) is 12.0 Å². The Hall–Kier alpha value is -2.03. The molecule has 0 saturated carbocycles. The third-order valence-corrected chi connectivity index (χ3v) is 6.35. The maximum Gasteiger partial charge on any atom is 0.341 e. The van der Waals surface area contributed by atoms with Crippen LogP contribution in [0.3, 0.4) is 0 Å². The summed E-state index contributed by atoms with van der Waals surface area (Å²) in [6.07, 6.45) is 21.2. The van der Waals surface area contributed by atoms with E-state index in [1.807, 2.05) is 30.3 Å². The monoisotopic (exact) mass is 440 g/mol. The van der Waals surface area contributed by atoms with E-state index in [-0.39, 0.29) is 11.3 Å². The Balaban J connectivity index is 1.41. The fraction of sp³-hybridized carbons (Fsp3) is 0.621. The number of hydrogen-bond acceptors (Lipinski definition) is 3. The molecule has 1 N–H and O–H groups in total. The van der Waals surface area contributed by atoms with Crippen molar-refractivity contribution in [2.75, 3.05) is 6.61 Å². The molecule has 0 radical (unpaired) electrons. The van der Waals surface area contributed by atoms with Gasteiger partial charge in [-0.2, -0.15) is 0 Å². The van der Waals surface area contributed by atoms with Gasteiger partial charge < -0.3 is 9.84 Å². The first-order valence-electron chi connectivity index (χ1n) is 13.1. The molecule has 0 unspecified atom stereocenters. The maximum absolute atomic E-state index is 12.3. The molecule has 2 rings (SSSR count). The van der Waals surface area contributed by atoms with Crippen LogP contribution in [0, 0.1) is 0 Å². The fourth-order valence-electron chi connectivity index (χ4n) is 4.31. The van der Waals surface area contributed by atoms with E-state index in [2.05, 4.69) is 6.92 Å². The third kappa shape index (κ3) is 10.1. The van der Waals surface area contributed by atoms with E-state index in [1.54, 1.807) is 6.07 Å². The van der Waals surface area contributed by atoms with Crippen molar-refractivity contribution in [3.63, 3.8) is 0 Å². The first-order chi connectivity index (χ1) is 15.7. The van der Waals surface area contributed by atoms with Crippen LogP contribution < -0.4 is 0 Å². The fourth-order valence-corrected chi connectivity index (χ4v) is 4.31. The van der Waals surface area contributed by atoms with Crippen LogP contribution in [0.25, 0.3) is 10.8 Å². The van der Waals surface area contributed by atoms with Gasteiger partial charge in [-0.1, -0.05) is 134 Å². The van der Waals surface area contributed by atoms with Crippen LogP contribution in [0.5, 0.6) is 5.75 Å². The van der Waals surface area contributed by atoms with Gasteiger partial charge in [-0.05, 0) is 17.9 Å². The SMILES string of the molecule is CCCCCCCCCCCCCCCCCCOC(=O)c1ccc2ccccc2c1O. The van der Waals surface area contributed by atoms with Crippen molar-refractivity contribution in [1.29, 1.82) is 0 Å². The zero-order valence-electron chi connectivity index (χ0n) is 20.2. The average Bonchev–Trinajstić information content (AvgIpc) is 2.81. The molecule has 0 heterocycles. The Kier molecular flexibility index (Phi) is 13.6. The number of aromatic hydroxyl groups is 1. The summed E-state index contributed by atoms with van der Waals surface area (Å²) in [6, 6.07) is 11.0. The van der Waals surface area contributed by atoms with Crippen molar-refractivity contribution in [3.8, 4) is 5.75 Å². The summed E-state index contributed by atoms with van der Waals surface area (Å²) in [5, 5.41) is 12.0. The van der Waals surface area contributed by atoms with Gasteiger partial charge >= 0.3 is 5.97 Å². The third-order valence-electron chi connectivity index (χ3n) is 6.35. The van der Waals surface area contributed by atoms with E-state index in [4.69, 9.17) is 4.74 Å². The number of phenols is 1. The van der Waals surface area contributed by atoms with E-state index in [0.717, 1.165) is 18.2 Å². The molecule has 0 spiro atoms. The van der Waals surface area contributed by atoms with Gasteiger partial charge in [0.25, 0.3) is 0 Å². The van der Waals surface area contributed by atoms with Gasteiger partial charge in [-0.3, -0.25) is 0 Å². The minimum absolute atomic E-state index is 0.0140. The zero-order chi connectivity index (χ0) is 22.9. The number of fused-ring (bicyclic) bond motifs is 1. The number of carbonyl (C=O) groups excluding carboxylic acids is 1. The minimum Gasteiger partial charge on any atom is -0.506 e. The standard InChI is InChI=1S/C29H44O3/c1-2-3-4-5-6-7-8-9-10-11-12-13-14-15-16-19-24-32-29(31)27-23-22-25-20-17-18-21-26(25)28(27)30/h17-18,20-23,30H,2-16,19,24H2,1H3. The van der Waals surface area contributed by atoms with E-state index in [1.165, 1.54) is 89.9 Å². The summed E-state index contributed by atoms with van der Waals surface area (Å²) in [5.41, 5.74) is 0.250. The normalized spacial score (nSPS) is 11.2. The lowest BCUT2D eigenvalue weighted by molar-refractivity contribution is 0.0494. The summed E-state index contributed by atoms with van der Waals surface area (Å²) < 4.78 is 5.38. The Morgan fingerprint density at radius 1 is 0.688 bits per heavy atom. The van der Waals surface area contributed by atoms with Crippen molar-refractivity contribution in [2.24, 2.45) is 0 Å². The van der Waals surface area contributed by atoms with Gasteiger partial charge in [0.05, 0.1) is 6.61 Å². The van der Waals surface area contributed by atoms with E-state index in [9.17, 15) is 9.90 Å². The molecule has 0 aliphatic carbocycles. The number of benzene rings is 2. The molecule has 3 heteroatoms. The Bertz CT molecular complexity index is 768. The summed E-state index contributed by atoms with van der Waals surface area (Å²) in [4.78, 5) is 12.3. The Morgan fingerprint density at radius 2 is 1.19 bits per heavy atom. The summed E-state index contributed by atoms with van der Waals surface area (Å²) in [5.74, 6) is -0.422. The van der Waals surface area contributed by atoms with Gasteiger partial charge in [-0.15, -0.1) is 0 Å². The van der Waals surface area contributed by atoms with Crippen LogP contribution >= 0.6 is 0 Å². The topological polar surface area (TPSA) is 46.5 Å². The van der Waals surface area contributed by atoms with Crippen LogP contribution in [0.1, 0.15) is 120 Å². The highest BCUT2D eigenvalue weighted by atomic mass is 16.5. The van der Waals surface area contributed by atoms with Crippen molar-refractivity contribution in [3.05, 3.63) is 42.0 Å². The molecule has 0 saturated heterocycles. The molecule has 0 aliphatic rings. The second-order valence-electron chi connectivity index (χ2n) is 9.12. The lowest BCUT2D eigenvalue weighted by atomic mass is 10.0. The zero-order valence-corrected chi connectivity index (χ0v) is 20.2. The minimum atomic E-state index is -0.436. The van der Waals surface area contributed by atoms with Crippen LogP contribution in [-0.4, -0.2) is 17.7 Å². The quantitative estimate of drug-likeness (QED) is 0.186. The second-order valence-corrected chi connectivity index (χ2v) is 9.12. The molecule has 0 amide bonds. The molecule has 0 fully saturated rings. The number of phenolic OH excluding ortho intramolecular Hbond substituents is 1. The molecule has 32 heavy (non-hydrogen) atoms. The number of ether oxygens (including phenoxy) is 1. The highest BCUT2D eigenvalue weighted by Gasteiger charge is 2.14. The van der Waals surface area contributed by atoms with Crippen LogP contribution in [0.2, 0.25) is 0 Å². The Morgan fingerprint density at radius 3 is 1.75 bits per heavy atom. The van der Waals surface area contributed by atoms with Crippen molar-refractivity contribution < 1.29 is 14.6 Å². The smallest absolute Gasteiger partial charge is 0.341 e. The average molecular weight is 441 g/mol.